The first-order valence-electron chi connectivity index (χ1n) is 44.8. The van der Waals surface area contributed by atoms with Crippen molar-refractivity contribution in [3.63, 3.8) is 0 Å². The second-order valence-corrected chi connectivity index (χ2v) is 35.0. The summed E-state index contributed by atoms with van der Waals surface area (Å²) >= 11 is 0. The Morgan fingerprint density at radius 2 is 0.387 bits per heavy atom. The summed E-state index contributed by atoms with van der Waals surface area (Å²) in [6, 6.07) is 154. The number of fused-ring (bicyclic) bond motifs is 47. The second kappa shape index (κ2) is 27.5. The summed E-state index contributed by atoms with van der Waals surface area (Å²) in [7, 11) is 0. The van der Waals surface area contributed by atoms with Gasteiger partial charge in [0.15, 0.2) is 0 Å². The highest BCUT2D eigenvalue weighted by atomic mass is 14.6. The van der Waals surface area contributed by atoms with Gasteiger partial charge in [-0.3, -0.25) is 0 Å². The highest BCUT2D eigenvalue weighted by Crippen LogP contribution is 2.70. The zero-order valence-corrected chi connectivity index (χ0v) is 70.1. The normalized spacial score (nSPS) is 16.7. The Morgan fingerprint density at radius 3 is 0.774 bits per heavy atom. The monoisotopic (exact) mass is 1580 g/mol. The molecule has 0 saturated carbocycles. The molecule has 0 aliphatic heterocycles. The smallest absolute Gasteiger partial charge is 0.0619 e. The number of hydrogen-bond acceptors (Lipinski definition) is 0. The van der Waals surface area contributed by atoms with Crippen LogP contribution in [0.3, 0.4) is 0 Å². The van der Waals surface area contributed by atoms with Gasteiger partial charge in [-0.1, -0.05) is 428 Å². The average Bonchev–Trinajstić information content (AvgIpc) is 1.52. The molecule has 20 aromatic carbocycles. The maximum atomic E-state index is 2.46. The van der Waals surface area contributed by atoms with Crippen molar-refractivity contribution in [1.82, 2.24) is 0 Å². The van der Waals surface area contributed by atoms with Crippen LogP contribution in [-0.4, -0.2) is 0 Å². The summed E-state index contributed by atoms with van der Waals surface area (Å²) in [6.07, 6.45) is 4.12. The maximum absolute atomic E-state index is 2.46. The van der Waals surface area contributed by atoms with E-state index in [0.29, 0.717) is 0 Å². The van der Waals surface area contributed by atoms with Crippen LogP contribution < -0.4 is 0 Å². The summed E-state index contributed by atoms with van der Waals surface area (Å²) in [6.45, 7) is 9.15. The molecule has 3 unspecified atom stereocenters. The lowest BCUT2D eigenvalue weighted by Gasteiger charge is -2.33. The van der Waals surface area contributed by atoms with Gasteiger partial charge in [-0.2, -0.15) is 0 Å². The molecule has 4 spiro atoms. The van der Waals surface area contributed by atoms with Crippen LogP contribution >= 0.6 is 0 Å². The lowest BCUT2D eigenvalue weighted by Crippen LogP contribution is -2.27. The predicted molar refractivity (Wildman–Crippen MR) is 518 cm³/mol. The van der Waals surface area contributed by atoms with Gasteiger partial charge in [0.25, 0.3) is 0 Å². The van der Waals surface area contributed by atoms with Crippen LogP contribution in [0.2, 0.25) is 0 Å². The molecule has 124 heavy (non-hydrogen) atoms. The Kier molecular flexibility index (Phi) is 16.0. The molecule has 0 nitrogen and oxygen atoms in total. The van der Waals surface area contributed by atoms with Crippen LogP contribution in [0.1, 0.15) is 139 Å². The van der Waals surface area contributed by atoms with Crippen LogP contribution in [0.25, 0.3) is 132 Å². The maximum Gasteiger partial charge on any atom is 0.0734 e. The third-order valence-corrected chi connectivity index (χ3v) is 29.8. The fourth-order valence-corrected chi connectivity index (χ4v) is 25.3. The highest BCUT2D eigenvalue weighted by molar-refractivity contribution is 6.10. The molecule has 0 heterocycles. The Morgan fingerprint density at radius 1 is 0.145 bits per heavy atom. The molecule has 0 aromatic heterocycles. The molecule has 20 aromatic rings. The summed E-state index contributed by atoms with van der Waals surface area (Å²) in [5, 5.41) is 10.6. The van der Waals surface area contributed by atoms with Gasteiger partial charge < -0.3 is 0 Å². The topological polar surface area (TPSA) is 0 Å². The lowest BCUT2D eigenvalue weighted by atomic mass is 9.68. The van der Waals surface area contributed by atoms with Gasteiger partial charge in [-0.15, -0.1) is 0 Å². The van der Waals surface area contributed by atoms with Crippen molar-refractivity contribution in [3.05, 3.63) is 524 Å². The number of aryl methyl sites for hydroxylation is 4. The molecule has 0 radical (unpaired) electrons. The van der Waals surface area contributed by atoms with Crippen LogP contribution in [0.15, 0.2) is 413 Å². The van der Waals surface area contributed by atoms with Gasteiger partial charge in [0, 0.05) is 0 Å². The molecule has 584 valence electrons. The van der Waals surface area contributed by atoms with E-state index >= 15 is 0 Å². The first-order valence-corrected chi connectivity index (χ1v) is 44.8. The summed E-state index contributed by atoms with van der Waals surface area (Å²) in [5.41, 5.74) is 50.0. The van der Waals surface area contributed by atoms with E-state index in [4.69, 9.17) is 0 Å². The van der Waals surface area contributed by atoms with Crippen LogP contribution in [0.4, 0.5) is 0 Å². The van der Waals surface area contributed by atoms with Crippen molar-refractivity contribution in [2.75, 3.05) is 0 Å². The minimum absolute atomic E-state index is 0.242. The largest absolute Gasteiger partial charge is 0.0734 e. The van der Waals surface area contributed by atoms with Gasteiger partial charge in [0.05, 0.1) is 21.7 Å². The summed E-state index contributed by atoms with van der Waals surface area (Å²) in [4.78, 5) is 0. The van der Waals surface area contributed by atoms with Crippen molar-refractivity contribution in [2.45, 2.75) is 75.0 Å². The van der Waals surface area contributed by atoms with Gasteiger partial charge in [0.1, 0.15) is 0 Å². The quantitative estimate of drug-likeness (QED) is 0.165. The third kappa shape index (κ3) is 9.37. The molecule has 0 saturated heterocycles. The fourth-order valence-electron chi connectivity index (χ4n) is 25.3. The standard InChI is InChI=1S/4C31H22/c1-2-20-11-9-15-24-23-13-5-7-16-26(23)31(30(20)24)27-17-8-6-14-25(27)29-22-12-4-3-10-21(22)18-19-28(29)31;1-2-20-11-9-15-25-23-13-5-7-16-27(23)31(29(20)25)28-17-8-6-14-24(28)26-19-18-21-10-3-4-12-22(21)30(26)31;1-2-20-11-9-15-25-26-19-18-21-10-3-4-12-22(21)30(26)31(29(20)25)27-16-7-5-13-23(27)24-14-6-8-17-28(24)31;1-2-20-12-9-15-25-23-13-5-7-16-27(23)31(30(20)25)28-17-8-6-14-24(28)26-18-21-10-3-4-11-22(21)19-29(26)31/h4*3-19H,2H2,1H3. The molecule has 0 amide bonds. The Balaban J connectivity index is 0.0000000906. The van der Waals surface area contributed by atoms with Crippen LogP contribution in [-0.2, 0) is 47.3 Å². The first kappa shape index (κ1) is 72.3. The number of benzene rings is 20. The minimum atomic E-state index is -0.259. The highest BCUT2D eigenvalue weighted by Gasteiger charge is 2.58. The molecule has 8 aliphatic rings. The van der Waals surface area contributed by atoms with Crippen molar-refractivity contribution >= 4 is 43.1 Å². The molecule has 28 rings (SSSR count). The minimum Gasteiger partial charge on any atom is -0.0619 e. The van der Waals surface area contributed by atoms with E-state index in [-0.39, 0.29) is 21.7 Å². The van der Waals surface area contributed by atoms with Gasteiger partial charge in [-0.05, 0) is 281 Å². The summed E-state index contributed by atoms with van der Waals surface area (Å²) in [5.74, 6) is 0. The average molecular weight is 1580 g/mol. The van der Waals surface area contributed by atoms with Crippen LogP contribution in [0.5, 0.6) is 0 Å². The van der Waals surface area contributed by atoms with E-state index in [1.165, 1.54) is 243 Å². The molecule has 0 fully saturated rings. The lowest BCUT2D eigenvalue weighted by molar-refractivity contribution is 0.779. The Hall–Kier alpha value is -14.6. The van der Waals surface area contributed by atoms with E-state index < -0.39 is 0 Å². The molecule has 0 bridgehead atoms. The Bertz CT molecular complexity index is 7680. The second-order valence-electron chi connectivity index (χ2n) is 35.0. The van der Waals surface area contributed by atoms with Crippen molar-refractivity contribution in [1.29, 1.82) is 0 Å². The molecule has 0 heteroatoms. The molecular weight excluding hydrogens is 1490 g/mol. The SMILES string of the molecule is CCc1cccc2c1C1(c3ccccc3-2)c2ccccc2-c2c1ccc1ccccc21.CCc1cccc2c1C1(c3ccccc3-2)c2ccccc2-c2ccc3ccccc3c21.CCc1cccc2c1C1(c3ccccc3-c3cc4ccccc4cc31)c1ccccc1-2.CCc1cccc2c1C1(c3ccccc3-c3ccccc31)c1c-2ccc2ccccc12. The van der Waals surface area contributed by atoms with E-state index in [0.717, 1.165) is 25.7 Å². The van der Waals surface area contributed by atoms with Crippen molar-refractivity contribution < 1.29 is 0 Å². The van der Waals surface area contributed by atoms with E-state index in [1.807, 2.05) is 0 Å². The molecule has 3 atom stereocenters. The Labute approximate surface area is 725 Å². The number of hydrogen-bond donors (Lipinski definition) is 0. The van der Waals surface area contributed by atoms with Gasteiger partial charge in [0.2, 0.25) is 0 Å². The van der Waals surface area contributed by atoms with Gasteiger partial charge >= 0.3 is 0 Å². The molecule has 0 N–H and O–H groups in total. The van der Waals surface area contributed by atoms with E-state index in [2.05, 4.69) is 440 Å². The van der Waals surface area contributed by atoms with E-state index in [9.17, 15) is 0 Å². The zero-order chi connectivity index (χ0) is 82.3. The molecule has 8 aliphatic carbocycles. The van der Waals surface area contributed by atoms with Crippen molar-refractivity contribution in [2.24, 2.45) is 0 Å². The van der Waals surface area contributed by atoms with Gasteiger partial charge in [-0.25, -0.2) is 0 Å². The summed E-state index contributed by atoms with van der Waals surface area (Å²) < 4.78 is 0. The number of rotatable bonds is 4. The fraction of sp³-hybridized carbons (Fsp3) is 0.0968. The van der Waals surface area contributed by atoms with Crippen LogP contribution in [0, 0.1) is 0 Å². The molecular formula is C124H88. The predicted octanol–water partition coefficient (Wildman–Crippen LogP) is 31.0. The first-order chi connectivity index (χ1) is 61.4. The third-order valence-electron chi connectivity index (χ3n) is 29.8. The van der Waals surface area contributed by atoms with Crippen molar-refractivity contribution in [3.8, 4) is 89.0 Å². The zero-order valence-electron chi connectivity index (χ0n) is 70.1. The van der Waals surface area contributed by atoms with E-state index in [1.54, 1.807) is 0 Å².